The van der Waals surface area contributed by atoms with E-state index >= 15 is 0 Å². The minimum Gasteiger partial charge on any atom is -0.207 e. The highest BCUT2D eigenvalue weighted by molar-refractivity contribution is 5.64. The fraction of sp³-hybridized carbons (Fsp3) is 0. The number of halogens is 5. The third-order valence-electron chi connectivity index (χ3n) is 2.18. The predicted molar refractivity (Wildman–Crippen MR) is 51.7 cm³/mol. The summed E-state index contributed by atoms with van der Waals surface area (Å²) in [5, 5.41) is 0. The van der Waals surface area contributed by atoms with Crippen molar-refractivity contribution in [2.24, 2.45) is 0 Å². The Morgan fingerprint density at radius 3 is 1.65 bits per heavy atom. The monoisotopic (exact) mass is 244 g/mol. The van der Waals surface area contributed by atoms with Crippen LogP contribution >= 0.6 is 0 Å². The zero-order valence-electron chi connectivity index (χ0n) is 8.28. The van der Waals surface area contributed by atoms with Crippen molar-refractivity contribution in [1.29, 1.82) is 0 Å². The van der Waals surface area contributed by atoms with Crippen molar-refractivity contribution in [3.8, 4) is 11.1 Å². The van der Waals surface area contributed by atoms with Gasteiger partial charge in [0, 0.05) is 17.7 Å². The molecule has 0 unspecified atom stereocenters. The van der Waals surface area contributed by atoms with Crippen LogP contribution in [0.4, 0.5) is 22.0 Å². The van der Waals surface area contributed by atoms with Crippen LogP contribution in [-0.2, 0) is 0 Å². The standard InChI is InChI=1S/C12H5F5/c13-7-1-6(2-8(14)3-7)9-4-11(16)12(17)5-10(9)15/h1-5H. The Morgan fingerprint density at radius 1 is 0.529 bits per heavy atom. The molecule has 0 aromatic heterocycles. The molecular weight excluding hydrogens is 239 g/mol. The maximum absolute atomic E-state index is 13.3. The van der Waals surface area contributed by atoms with E-state index in [0.29, 0.717) is 18.2 Å². The molecule has 0 bridgehead atoms. The Labute approximate surface area is 93.3 Å². The van der Waals surface area contributed by atoms with E-state index in [4.69, 9.17) is 0 Å². The zero-order valence-corrected chi connectivity index (χ0v) is 8.28. The molecule has 0 saturated carbocycles. The van der Waals surface area contributed by atoms with E-state index in [9.17, 15) is 22.0 Å². The topological polar surface area (TPSA) is 0 Å². The van der Waals surface area contributed by atoms with Crippen molar-refractivity contribution >= 4 is 0 Å². The summed E-state index contributed by atoms with van der Waals surface area (Å²) in [7, 11) is 0. The fourth-order valence-electron chi connectivity index (χ4n) is 1.45. The van der Waals surface area contributed by atoms with Crippen molar-refractivity contribution in [2.45, 2.75) is 0 Å². The summed E-state index contributed by atoms with van der Waals surface area (Å²) >= 11 is 0. The minimum absolute atomic E-state index is 0.195. The average molecular weight is 244 g/mol. The van der Waals surface area contributed by atoms with Gasteiger partial charge in [-0.2, -0.15) is 0 Å². The molecule has 0 aliphatic carbocycles. The molecule has 2 rings (SSSR count). The summed E-state index contributed by atoms with van der Waals surface area (Å²) in [6, 6.07) is 3.14. The summed E-state index contributed by atoms with van der Waals surface area (Å²) in [6.07, 6.45) is 0. The predicted octanol–water partition coefficient (Wildman–Crippen LogP) is 4.05. The van der Waals surface area contributed by atoms with Gasteiger partial charge in [-0.25, -0.2) is 22.0 Å². The second-order valence-corrected chi connectivity index (χ2v) is 3.40. The summed E-state index contributed by atoms with van der Waals surface area (Å²) in [5.74, 6) is -5.59. The quantitative estimate of drug-likeness (QED) is 0.524. The van der Waals surface area contributed by atoms with E-state index in [1.165, 1.54) is 0 Å². The van der Waals surface area contributed by atoms with Crippen LogP contribution in [0.5, 0.6) is 0 Å². The first-order chi connectivity index (χ1) is 7.97. The average Bonchev–Trinajstić information content (AvgIpc) is 2.22. The van der Waals surface area contributed by atoms with Crippen LogP contribution in [0.25, 0.3) is 11.1 Å². The second kappa shape index (κ2) is 4.16. The van der Waals surface area contributed by atoms with Gasteiger partial charge in [0.2, 0.25) is 0 Å². The van der Waals surface area contributed by atoms with Gasteiger partial charge in [-0.05, 0) is 23.8 Å². The van der Waals surface area contributed by atoms with E-state index < -0.39 is 34.6 Å². The van der Waals surface area contributed by atoms with E-state index in [0.717, 1.165) is 12.1 Å². The highest BCUT2D eigenvalue weighted by Gasteiger charge is 2.13. The lowest BCUT2D eigenvalue weighted by Crippen LogP contribution is -1.92. The van der Waals surface area contributed by atoms with Crippen LogP contribution in [0.15, 0.2) is 30.3 Å². The molecule has 0 atom stereocenters. The fourth-order valence-corrected chi connectivity index (χ4v) is 1.45. The van der Waals surface area contributed by atoms with Gasteiger partial charge in [-0.15, -0.1) is 0 Å². The lowest BCUT2D eigenvalue weighted by molar-refractivity contribution is 0.496. The molecule has 17 heavy (non-hydrogen) atoms. The van der Waals surface area contributed by atoms with Crippen molar-refractivity contribution in [2.75, 3.05) is 0 Å². The molecule has 0 aliphatic heterocycles. The van der Waals surface area contributed by atoms with E-state index in [2.05, 4.69) is 0 Å². The summed E-state index contributed by atoms with van der Waals surface area (Å²) in [6.45, 7) is 0. The Morgan fingerprint density at radius 2 is 1.06 bits per heavy atom. The molecule has 0 nitrogen and oxygen atoms in total. The van der Waals surface area contributed by atoms with Crippen molar-refractivity contribution in [1.82, 2.24) is 0 Å². The third kappa shape index (κ3) is 2.27. The molecule has 0 amide bonds. The summed E-state index contributed by atoms with van der Waals surface area (Å²) < 4.78 is 64.7. The minimum atomic E-state index is -1.36. The van der Waals surface area contributed by atoms with E-state index in [-0.39, 0.29) is 5.56 Å². The SMILES string of the molecule is Fc1cc(F)cc(-c2cc(F)c(F)cc2F)c1. The molecule has 0 spiro atoms. The molecule has 0 heterocycles. The van der Waals surface area contributed by atoms with Gasteiger partial charge in [0.05, 0.1) is 0 Å². The lowest BCUT2D eigenvalue weighted by atomic mass is 10.0. The van der Waals surface area contributed by atoms with E-state index in [1.54, 1.807) is 0 Å². The molecule has 2 aromatic carbocycles. The van der Waals surface area contributed by atoms with Gasteiger partial charge in [0.1, 0.15) is 17.5 Å². The molecule has 0 fully saturated rings. The van der Waals surface area contributed by atoms with Crippen LogP contribution in [0, 0.1) is 29.1 Å². The molecule has 0 aliphatic rings. The van der Waals surface area contributed by atoms with Gasteiger partial charge in [-0.1, -0.05) is 0 Å². The van der Waals surface area contributed by atoms with Gasteiger partial charge >= 0.3 is 0 Å². The maximum Gasteiger partial charge on any atom is 0.161 e. The molecule has 0 saturated heterocycles. The number of hydrogen-bond acceptors (Lipinski definition) is 0. The first-order valence-electron chi connectivity index (χ1n) is 4.58. The normalized spacial score (nSPS) is 10.6. The van der Waals surface area contributed by atoms with Crippen molar-refractivity contribution < 1.29 is 22.0 Å². The highest BCUT2D eigenvalue weighted by Crippen LogP contribution is 2.26. The number of hydrogen-bond donors (Lipinski definition) is 0. The van der Waals surface area contributed by atoms with E-state index in [1.807, 2.05) is 0 Å². The van der Waals surface area contributed by atoms with Gasteiger partial charge in [-0.3, -0.25) is 0 Å². The van der Waals surface area contributed by atoms with Gasteiger partial charge in [0.15, 0.2) is 11.6 Å². The number of benzene rings is 2. The smallest absolute Gasteiger partial charge is 0.161 e. The Balaban J connectivity index is 2.64. The van der Waals surface area contributed by atoms with Crippen LogP contribution < -0.4 is 0 Å². The Hall–Kier alpha value is -1.91. The molecule has 5 heteroatoms. The second-order valence-electron chi connectivity index (χ2n) is 3.40. The molecule has 0 N–H and O–H groups in total. The van der Waals surface area contributed by atoms with Crippen LogP contribution in [0.3, 0.4) is 0 Å². The molecule has 0 radical (unpaired) electrons. The Kier molecular flexibility index (Phi) is 2.83. The first kappa shape index (κ1) is 11.6. The van der Waals surface area contributed by atoms with Crippen LogP contribution in [-0.4, -0.2) is 0 Å². The molecule has 2 aromatic rings. The summed E-state index contributed by atoms with van der Waals surface area (Å²) in [5.41, 5.74) is -0.596. The third-order valence-corrected chi connectivity index (χ3v) is 2.18. The zero-order chi connectivity index (χ0) is 12.6. The van der Waals surface area contributed by atoms with Gasteiger partial charge in [0.25, 0.3) is 0 Å². The largest absolute Gasteiger partial charge is 0.207 e. The Bertz CT molecular complexity index is 557. The van der Waals surface area contributed by atoms with Crippen molar-refractivity contribution in [3.05, 3.63) is 59.4 Å². The van der Waals surface area contributed by atoms with Crippen LogP contribution in [0.2, 0.25) is 0 Å². The first-order valence-corrected chi connectivity index (χ1v) is 4.58. The van der Waals surface area contributed by atoms with Crippen LogP contribution in [0.1, 0.15) is 0 Å². The number of rotatable bonds is 1. The molecule has 88 valence electrons. The highest BCUT2D eigenvalue weighted by atomic mass is 19.2. The lowest BCUT2D eigenvalue weighted by Gasteiger charge is -2.05. The van der Waals surface area contributed by atoms with Crippen molar-refractivity contribution in [3.63, 3.8) is 0 Å². The maximum atomic E-state index is 13.3. The summed E-state index contributed by atoms with van der Waals surface area (Å²) in [4.78, 5) is 0. The van der Waals surface area contributed by atoms with Gasteiger partial charge < -0.3 is 0 Å². The molecular formula is C12H5F5.